The van der Waals surface area contributed by atoms with Crippen molar-refractivity contribution in [3.8, 4) is 17.5 Å². The molecule has 0 radical (unpaired) electrons. The first-order valence-corrected chi connectivity index (χ1v) is 12.2. The maximum absolute atomic E-state index is 15.3. The Labute approximate surface area is 220 Å². The van der Waals surface area contributed by atoms with Gasteiger partial charge in [0.15, 0.2) is 11.6 Å². The van der Waals surface area contributed by atoms with Gasteiger partial charge in [0.05, 0.1) is 0 Å². The molecule has 0 amide bonds. The molecular formula is C31H26FN3O3. The van der Waals surface area contributed by atoms with Gasteiger partial charge >= 0.3 is 0 Å². The fraction of sp³-hybridized carbons (Fsp3) is 0.0968. The molecule has 38 heavy (non-hydrogen) atoms. The molecule has 0 aliphatic heterocycles. The normalized spacial score (nSPS) is 10.6. The van der Waals surface area contributed by atoms with Crippen molar-refractivity contribution in [2.75, 3.05) is 5.32 Å². The summed E-state index contributed by atoms with van der Waals surface area (Å²) in [6.45, 7) is 0.873. The molecule has 2 aromatic heterocycles. The van der Waals surface area contributed by atoms with Crippen LogP contribution in [-0.4, -0.2) is 9.97 Å². The molecule has 0 spiro atoms. The number of nitrogens with one attached hydrogen (secondary N) is 1. The highest BCUT2D eigenvalue weighted by atomic mass is 19.1. The molecule has 0 unspecified atom stereocenters. The van der Waals surface area contributed by atoms with Crippen molar-refractivity contribution in [1.29, 1.82) is 0 Å². The van der Waals surface area contributed by atoms with Gasteiger partial charge in [-0.25, -0.2) is 4.98 Å². The van der Waals surface area contributed by atoms with Crippen LogP contribution in [0.15, 0.2) is 115 Å². The molecule has 0 saturated heterocycles. The van der Waals surface area contributed by atoms with Crippen LogP contribution in [0.25, 0.3) is 0 Å². The van der Waals surface area contributed by atoms with Crippen LogP contribution in [0.5, 0.6) is 17.5 Å². The van der Waals surface area contributed by atoms with Crippen molar-refractivity contribution < 1.29 is 18.6 Å². The maximum atomic E-state index is 15.3. The van der Waals surface area contributed by atoms with E-state index in [1.54, 1.807) is 12.1 Å². The van der Waals surface area contributed by atoms with Crippen LogP contribution in [0.3, 0.4) is 0 Å². The third-order valence-corrected chi connectivity index (χ3v) is 5.63. The zero-order valence-corrected chi connectivity index (χ0v) is 20.6. The number of rotatable bonds is 11. The number of benzene rings is 3. The fourth-order valence-electron chi connectivity index (χ4n) is 3.65. The second-order valence-corrected chi connectivity index (χ2v) is 8.42. The molecule has 0 atom stereocenters. The zero-order chi connectivity index (χ0) is 26.0. The van der Waals surface area contributed by atoms with E-state index < -0.39 is 5.82 Å². The molecular weight excluding hydrogens is 481 g/mol. The summed E-state index contributed by atoms with van der Waals surface area (Å²) in [4.78, 5) is 8.71. The van der Waals surface area contributed by atoms with Gasteiger partial charge in [-0.1, -0.05) is 91.0 Å². The maximum Gasteiger partial charge on any atom is 0.241 e. The van der Waals surface area contributed by atoms with E-state index in [9.17, 15) is 0 Å². The van der Waals surface area contributed by atoms with Gasteiger partial charge in [-0.05, 0) is 22.8 Å². The van der Waals surface area contributed by atoms with Gasteiger partial charge in [0, 0.05) is 18.3 Å². The van der Waals surface area contributed by atoms with E-state index in [-0.39, 0.29) is 30.7 Å². The Balaban J connectivity index is 1.35. The summed E-state index contributed by atoms with van der Waals surface area (Å²) < 4.78 is 32.9. The number of hydrogen-bond acceptors (Lipinski definition) is 6. The number of anilines is 2. The molecule has 7 heteroatoms. The van der Waals surface area contributed by atoms with Gasteiger partial charge in [0.25, 0.3) is 0 Å². The minimum atomic E-state index is -0.609. The molecule has 0 bridgehead atoms. The predicted octanol–water partition coefficient (Wildman–Crippen LogP) is 7.10. The summed E-state index contributed by atoms with van der Waals surface area (Å²) in [5.41, 5.74) is 3.36. The smallest absolute Gasteiger partial charge is 0.241 e. The Hall–Kier alpha value is -4.91. The second-order valence-electron chi connectivity index (χ2n) is 8.42. The number of nitrogens with zero attached hydrogens (tertiary/aromatic N) is 2. The molecule has 3 aromatic carbocycles. The molecule has 2 heterocycles. The van der Waals surface area contributed by atoms with E-state index in [4.69, 9.17) is 14.2 Å². The number of pyridine rings is 2. The highest BCUT2D eigenvalue weighted by molar-refractivity contribution is 5.63. The van der Waals surface area contributed by atoms with E-state index in [0.717, 1.165) is 16.7 Å². The first-order valence-electron chi connectivity index (χ1n) is 12.2. The largest absolute Gasteiger partial charge is 0.486 e. The molecule has 6 nitrogen and oxygen atoms in total. The van der Waals surface area contributed by atoms with Crippen LogP contribution < -0.4 is 19.5 Å². The average Bonchev–Trinajstić information content (AvgIpc) is 2.98. The third kappa shape index (κ3) is 6.64. The lowest BCUT2D eigenvalue weighted by atomic mass is 10.2. The van der Waals surface area contributed by atoms with E-state index in [1.807, 2.05) is 91.0 Å². The van der Waals surface area contributed by atoms with Gasteiger partial charge < -0.3 is 19.5 Å². The van der Waals surface area contributed by atoms with Crippen molar-refractivity contribution >= 4 is 11.5 Å². The summed E-state index contributed by atoms with van der Waals surface area (Å²) in [5, 5.41) is 3.01. The molecule has 5 rings (SSSR count). The van der Waals surface area contributed by atoms with Gasteiger partial charge in [0.1, 0.15) is 25.5 Å². The second kappa shape index (κ2) is 12.4. The lowest BCUT2D eigenvalue weighted by molar-refractivity contribution is 0.269. The minimum Gasteiger partial charge on any atom is -0.486 e. The average molecular weight is 508 g/mol. The Morgan fingerprint density at radius 1 is 0.605 bits per heavy atom. The molecule has 1 N–H and O–H groups in total. The van der Waals surface area contributed by atoms with Gasteiger partial charge in [0.2, 0.25) is 17.6 Å². The zero-order valence-electron chi connectivity index (χ0n) is 20.6. The first kappa shape index (κ1) is 24.8. The topological polar surface area (TPSA) is 65.5 Å². The van der Waals surface area contributed by atoms with E-state index in [2.05, 4.69) is 15.3 Å². The number of hydrogen-bond donors (Lipinski definition) is 1. The summed E-state index contributed by atoms with van der Waals surface area (Å²) in [6.07, 6.45) is 1.49. The monoisotopic (exact) mass is 507 g/mol. The molecule has 5 aromatic rings. The SMILES string of the molecule is Fc1c(OCc2ccccc2)ccnc1Nc1ccc(OCc2ccccc2)nc1OCc1ccccc1. The van der Waals surface area contributed by atoms with Gasteiger partial charge in [-0.3, -0.25) is 0 Å². The third-order valence-electron chi connectivity index (χ3n) is 5.63. The van der Waals surface area contributed by atoms with Crippen LogP contribution in [0.2, 0.25) is 0 Å². The summed E-state index contributed by atoms with van der Waals surface area (Å²) in [6, 6.07) is 34.0. The van der Waals surface area contributed by atoms with Crippen molar-refractivity contribution in [3.63, 3.8) is 0 Å². The van der Waals surface area contributed by atoms with Crippen LogP contribution in [0, 0.1) is 5.82 Å². The lowest BCUT2D eigenvalue weighted by Crippen LogP contribution is -2.06. The minimum absolute atomic E-state index is 0.000114. The van der Waals surface area contributed by atoms with Crippen molar-refractivity contribution in [2.24, 2.45) is 0 Å². The molecule has 0 aliphatic rings. The van der Waals surface area contributed by atoms with E-state index >= 15 is 4.39 Å². The number of ether oxygens (including phenoxy) is 3. The molecule has 0 saturated carbocycles. The highest BCUT2D eigenvalue weighted by Crippen LogP contribution is 2.32. The Morgan fingerprint density at radius 2 is 1.16 bits per heavy atom. The summed E-state index contributed by atoms with van der Waals surface area (Å²) in [7, 11) is 0. The Bertz CT molecular complexity index is 1450. The van der Waals surface area contributed by atoms with Crippen LogP contribution in [-0.2, 0) is 19.8 Å². The standard InChI is InChI=1S/C31H26FN3O3/c32-29-27(36-20-23-10-4-1-5-11-23)18-19-33-30(29)34-26-16-17-28(37-21-24-12-6-2-7-13-24)35-31(26)38-22-25-14-8-3-9-15-25/h1-19H,20-22H2,(H,33,34). The number of halogens is 1. The van der Waals surface area contributed by atoms with Crippen LogP contribution in [0.1, 0.15) is 16.7 Å². The van der Waals surface area contributed by atoms with Crippen molar-refractivity contribution in [1.82, 2.24) is 9.97 Å². The van der Waals surface area contributed by atoms with Crippen LogP contribution in [0.4, 0.5) is 15.9 Å². The Morgan fingerprint density at radius 3 is 1.76 bits per heavy atom. The lowest BCUT2D eigenvalue weighted by Gasteiger charge is -2.15. The summed E-state index contributed by atoms with van der Waals surface area (Å²) >= 11 is 0. The quantitative estimate of drug-likeness (QED) is 0.206. The van der Waals surface area contributed by atoms with Crippen LogP contribution >= 0.6 is 0 Å². The Kier molecular flexibility index (Phi) is 8.06. The summed E-state index contributed by atoms with van der Waals surface area (Å²) in [5.74, 6) is 0.127. The molecule has 0 fully saturated rings. The van der Waals surface area contributed by atoms with E-state index in [0.29, 0.717) is 18.2 Å². The number of aromatic nitrogens is 2. The first-order chi connectivity index (χ1) is 18.7. The van der Waals surface area contributed by atoms with Gasteiger partial charge in [-0.2, -0.15) is 9.37 Å². The van der Waals surface area contributed by atoms with Crippen molar-refractivity contribution in [3.05, 3.63) is 138 Å². The van der Waals surface area contributed by atoms with Crippen molar-refractivity contribution in [2.45, 2.75) is 19.8 Å². The highest BCUT2D eigenvalue weighted by Gasteiger charge is 2.16. The fourth-order valence-corrected chi connectivity index (χ4v) is 3.65. The predicted molar refractivity (Wildman–Crippen MR) is 144 cm³/mol. The van der Waals surface area contributed by atoms with Gasteiger partial charge in [-0.15, -0.1) is 0 Å². The van der Waals surface area contributed by atoms with E-state index in [1.165, 1.54) is 12.3 Å². The molecule has 190 valence electrons. The molecule has 0 aliphatic carbocycles.